The van der Waals surface area contributed by atoms with Gasteiger partial charge in [-0.15, -0.1) is 0 Å². The van der Waals surface area contributed by atoms with Gasteiger partial charge in [0.05, 0.1) is 5.69 Å². The van der Waals surface area contributed by atoms with Gasteiger partial charge in [0.1, 0.15) is 17.3 Å². The molecule has 1 N–H and O–H groups in total. The maximum Gasteiger partial charge on any atom is 0.262 e. The molecule has 0 aliphatic heterocycles. The van der Waals surface area contributed by atoms with Gasteiger partial charge in [-0.2, -0.15) is 10.1 Å². The highest BCUT2D eigenvalue weighted by Gasteiger charge is 2.10. The van der Waals surface area contributed by atoms with E-state index >= 15 is 0 Å². The smallest absolute Gasteiger partial charge is 0.262 e. The Morgan fingerprint density at radius 2 is 1.67 bits per heavy atom. The van der Waals surface area contributed by atoms with Crippen molar-refractivity contribution in [3.05, 3.63) is 82.9 Å². The number of aromatic nitrogens is 4. The molecule has 1 amide bonds. The first-order chi connectivity index (χ1) is 15.9. The van der Waals surface area contributed by atoms with Gasteiger partial charge in [-0.3, -0.25) is 4.79 Å². The van der Waals surface area contributed by atoms with Gasteiger partial charge in [0.15, 0.2) is 12.4 Å². The first kappa shape index (κ1) is 22.3. The maximum atomic E-state index is 12.1. The van der Waals surface area contributed by atoms with E-state index in [4.69, 9.17) is 21.1 Å². The van der Waals surface area contributed by atoms with E-state index in [-0.39, 0.29) is 12.5 Å². The number of ether oxygens (including phenoxy) is 2. The highest BCUT2D eigenvalue weighted by atomic mass is 35.5. The summed E-state index contributed by atoms with van der Waals surface area (Å²) in [4.78, 5) is 21.0. The minimum absolute atomic E-state index is 0.116. The molecular weight excluding hydrogens is 442 g/mol. The molecule has 0 atom stereocenters. The summed E-state index contributed by atoms with van der Waals surface area (Å²) in [5.41, 5.74) is 2.49. The Labute approximate surface area is 196 Å². The second-order valence-electron chi connectivity index (χ2n) is 7.37. The number of benzene rings is 2. The summed E-state index contributed by atoms with van der Waals surface area (Å²) in [6.07, 6.45) is 0. The van der Waals surface area contributed by atoms with Gasteiger partial charge in [0.2, 0.25) is 5.88 Å². The second-order valence-corrected chi connectivity index (χ2v) is 7.80. The quantitative estimate of drug-likeness (QED) is 0.412. The lowest BCUT2D eigenvalue weighted by Crippen LogP contribution is -2.20. The summed E-state index contributed by atoms with van der Waals surface area (Å²) in [6.45, 7) is 5.58. The van der Waals surface area contributed by atoms with E-state index < -0.39 is 0 Å². The van der Waals surface area contributed by atoms with Crippen LogP contribution in [0.4, 0.5) is 5.69 Å². The molecule has 2 aromatic heterocycles. The maximum absolute atomic E-state index is 12.1. The van der Waals surface area contributed by atoms with Crippen LogP contribution in [0.3, 0.4) is 0 Å². The van der Waals surface area contributed by atoms with Crippen molar-refractivity contribution < 1.29 is 14.3 Å². The van der Waals surface area contributed by atoms with E-state index in [2.05, 4.69) is 20.4 Å². The number of hydrogen-bond acceptors (Lipinski definition) is 6. The van der Waals surface area contributed by atoms with Gasteiger partial charge < -0.3 is 14.8 Å². The number of carbonyl (C=O) groups is 1. The average Bonchev–Trinajstić information content (AvgIpc) is 3.12. The van der Waals surface area contributed by atoms with Gasteiger partial charge in [0.25, 0.3) is 5.91 Å². The van der Waals surface area contributed by atoms with Crippen molar-refractivity contribution in [1.82, 2.24) is 19.7 Å². The Balaban J connectivity index is 1.38. The number of nitrogens with one attached hydrogen (secondary N) is 1. The highest BCUT2D eigenvalue weighted by Crippen LogP contribution is 2.24. The molecule has 9 heteroatoms. The molecular formula is C24H22ClN5O3. The van der Waals surface area contributed by atoms with Crippen LogP contribution in [-0.2, 0) is 4.79 Å². The third-order valence-corrected chi connectivity index (χ3v) is 4.82. The van der Waals surface area contributed by atoms with Crippen molar-refractivity contribution in [2.45, 2.75) is 20.8 Å². The van der Waals surface area contributed by atoms with Gasteiger partial charge in [-0.05, 0) is 75.4 Å². The molecule has 8 nitrogen and oxygen atoms in total. The topological polar surface area (TPSA) is 91.2 Å². The third-order valence-electron chi connectivity index (χ3n) is 4.57. The molecule has 2 aromatic carbocycles. The number of nitrogens with zero attached hydrogens (tertiary/aromatic N) is 4. The fraction of sp³-hybridized carbons (Fsp3) is 0.167. The van der Waals surface area contributed by atoms with E-state index in [1.807, 2.05) is 19.9 Å². The Bertz CT molecular complexity index is 1270. The van der Waals surface area contributed by atoms with Crippen molar-refractivity contribution in [2.75, 3.05) is 11.9 Å². The van der Waals surface area contributed by atoms with Gasteiger partial charge in [0, 0.05) is 22.5 Å². The molecule has 0 aliphatic rings. The van der Waals surface area contributed by atoms with Crippen LogP contribution in [0.5, 0.6) is 17.4 Å². The van der Waals surface area contributed by atoms with Gasteiger partial charge in [-0.1, -0.05) is 11.6 Å². The largest absolute Gasteiger partial charge is 0.484 e. The second kappa shape index (κ2) is 9.70. The molecule has 168 valence electrons. The third kappa shape index (κ3) is 5.87. The zero-order valence-corrected chi connectivity index (χ0v) is 19.1. The minimum Gasteiger partial charge on any atom is -0.484 e. The predicted octanol–water partition coefficient (Wildman–Crippen LogP) is 5.05. The lowest BCUT2D eigenvalue weighted by Gasteiger charge is -2.10. The van der Waals surface area contributed by atoms with Crippen LogP contribution in [-0.4, -0.2) is 32.3 Å². The fourth-order valence-corrected chi connectivity index (χ4v) is 3.28. The van der Waals surface area contributed by atoms with Crippen molar-refractivity contribution in [3.63, 3.8) is 0 Å². The Morgan fingerprint density at radius 3 is 2.33 bits per heavy atom. The summed E-state index contributed by atoms with van der Waals surface area (Å²) in [5, 5.41) is 7.85. The first-order valence-electron chi connectivity index (χ1n) is 10.2. The fourth-order valence-electron chi connectivity index (χ4n) is 3.15. The van der Waals surface area contributed by atoms with Crippen molar-refractivity contribution in [1.29, 1.82) is 0 Å². The molecule has 0 spiro atoms. The number of amides is 1. The average molecular weight is 464 g/mol. The molecule has 0 radical (unpaired) electrons. The molecule has 0 fully saturated rings. The molecule has 2 heterocycles. The number of rotatable bonds is 7. The number of carbonyl (C=O) groups excluding carboxylic acids is 1. The summed E-state index contributed by atoms with van der Waals surface area (Å²) in [5.74, 6) is 2.46. The Morgan fingerprint density at radius 1 is 0.970 bits per heavy atom. The molecule has 0 bridgehead atoms. The summed E-state index contributed by atoms with van der Waals surface area (Å²) in [6, 6.07) is 17.5. The zero-order chi connectivity index (χ0) is 23.4. The van der Waals surface area contributed by atoms with E-state index in [1.165, 1.54) is 0 Å². The predicted molar refractivity (Wildman–Crippen MR) is 125 cm³/mol. The van der Waals surface area contributed by atoms with Gasteiger partial charge in [-0.25, -0.2) is 9.67 Å². The van der Waals surface area contributed by atoms with Crippen LogP contribution in [0.25, 0.3) is 5.82 Å². The van der Waals surface area contributed by atoms with E-state index in [0.29, 0.717) is 39.7 Å². The summed E-state index contributed by atoms with van der Waals surface area (Å²) >= 11 is 5.84. The molecule has 0 unspecified atom stereocenters. The highest BCUT2D eigenvalue weighted by molar-refractivity contribution is 6.30. The lowest BCUT2D eigenvalue weighted by molar-refractivity contribution is -0.118. The molecule has 4 rings (SSSR count). The lowest BCUT2D eigenvalue weighted by atomic mass is 10.3. The van der Waals surface area contributed by atoms with Crippen LogP contribution < -0.4 is 14.8 Å². The normalized spacial score (nSPS) is 10.7. The Kier molecular flexibility index (Phi) is 6.55. The molecule has 0 aliphatic carbocycles. The van der Waals surface area contributed by atoms with E-state index in [9.17, 15) is 4.79 Å². The van der Waals surface area contributed by atoms with Gasteiger partial charge >= 0.3 is 0 Å². The number of anilines is 1. The van der Waals surface area contributed by atoms with Crippen molar-refractivity contribution in [3.8, 4) is 23.2 Å². The molecule has 33 heavy (non-hydrogen) atoms. The first-order valence-corrected chi connectivity index (χ1v) is 10.6. The Hall–Kier alpha value is -3.91. The monoisotopic (exact) mass is 463 g/mol. The summed E-state index contributed by atoms with van der Waals surface area (Å²) in [7, 11) is 0. The van der Waals surface area contributed by atoms with E-state index in [0.717, 1.165) is 11.4 Å². The van der Waals surface area contributed by atoms with Crippen molar-refractivity contribution >= 4 is 23.2 Å². The SMILES string of the molecule is Cc1cc(C)n(-c2cc(Oc3ccc(NC(=O)COc4ccc(Cl)cc4)cc3)nc(C)n2)n1. The minimum atomic E-state index is -0.278. The molecule has 0 saturated carbocycles. The molecule has 4 aromatic rings. The van der Waals surface area contributed by atoms with Crippen LogP contribution >= 0.6 is 11.6 Å². The van der Waals surface area contributed by atoms with Crippen LogP contribution in [0.1, 0.15) is 17.2 Å². The van der Waals surface area contributed by atoms with Crippen LogP contribution in [0.2, 0.25) is 5.02 Å². The molecule has 0 saturated heterocycles. The van der Waals surface area contributed by atoms with E-state index in [1.54, 1.807) is 66.2 Å². The zero-order valence-electron chi connectivity index (χ0n) is 18.4. The number of halogens is 1. The standard InChI is InChI=1S/C24H22ClN5O3/c1-15-12-16(2)30(29-15)22-13-24(27-17(3)26-22)33-21-10-6-19(7-11-21)28-23(31)14-32-20-8-4-18(25)5-9-20/h4-13H,14H2,1-3H3,(H,28,31). The number of aryl methyl sites for hydroxylation is 3. The van der Waals surface area contributed by atoms with Crippen LogP contribution in [0.15, 0.2) is 60.7 Å². The summed E-state index contributed by atoms with van der Waals surface area (Å²) < 4.78 is 13.1. The van der Waals surface area contributed by atoms with Crippen molar-refractivity contribution in [2.24, 2.45) is 0 Å². The van der Waals surface area contributed by atoms with Crippen LogP contribution in [0, 0.1) is 20.8 Å². The number of hydrogen-bond donors (Lipinski definition) is 1.